The average Bonchev–Trinajstić information content (AvgIpc) is 2.28. The first kappa shape index (κ1) is 23.6. The van der Waals surface area contributed by atoms with Gasteiger partial charge in [-0.3, -0.25) is 9.40 Å². The maximum atomic E-state index is 13.2. The summed E-state index contributed by atoms with van der Waals surface area (Å²) in [6.07, 6.45) is 0. The summed E-state index contributed by atoms with van der Waals surface area (Å²) in [5, 5.41) is 1.86. The van der Waals surface area contributed by atoms with Crippen LogP contribution in [0.1, 0.15) is 62.3 Å². The minimum Gasteiger partial charge on any atom is -0.328 e. The smallest absolute Gasteiger partial charge is 0.219 e. The van der Waals surface area contributed by atoms with E-state index >= 15 is 0 Å². The molecule has 0 aliphatic carbocycles. The Balaban J connectivity index is 5.56. The zero-order chi connectivity index (χ0) is 18.5. The van der Waals surface area contributed by atoms with Gasteiger partial charge in [-0.15, -0.1) is 0 Å². The second kappa shape index (κ2) is 9.37. The Hall–Kier alpha value is 0.640. The number of hydroxylamine groups is 2. The molecule has 0 N–H and O–H groups in total. The van der Waals surface area contributed by atoms with Crippen molar-refractivity contribution >= 4 is 28.4 Å². The molecule has 0 aliphatic rings. The summed E-state index contributed by atoms with van der Waals surface area (Å²) >= 11 is -0.215. The lowest BCUT2D eigenvalue weighted by Gasteiger charge is -2.47. The highest BCUT2D eigenvalue weighted by Crippen LogP contribution is 2.57. The van der Waals surface area contributed by atoms with Crippen molar-refractivity contribution in [2.24, 2.45) is 8.56 Å². The van der Waals surface area contributed by atoms with Crippen LogP contribution >= 0.6 is 28.4 Å². The molecule has 0 aliphatic heterocycles. The van der Waals surface area contributed by atoms with Gasteiger partial charge in [0.15, 0.2) is 6.73 Å². The molecule has 0 spiro atoms. The summed E-state index contributed by atoms with van der Waals surface area (Å²) in [5.74, 6) is -0.331. The van der Waals surface area contributed by atoms with E-state index in [-0.39, 0.29) is 37.8 Å². The first-order valence-corrected chi connectivity index (χ1v) is 12.5. The van der Waals surface area contributed by atoms with Crippen LogP contribution in [-0.4, -0.2) is 40.3 Å². The minimum absolute atomic E-state index is 0.215. The maximum absolute atomic E-state index is 13.2. The Kier molecular flexibility index (Phi) is 9.63. The van der Waals surface area contributed by atoms with Gasteiger partial charge in [-0.2, -0.15) is 5.06 Å². The van der Waals surface area contributed by atoms with E-state index in [0.29, 0.717) is 17.3 Å². The van der Waals surface area contributed by atoms with Gasteiger partial charge in [0.25, 0.3) is 0 Å². The Morgan fingerprint density at radius 2 is 1.70 bits per heavy atom. The molecule has 0 bridgehead atoms. The number of rotatable bonds is 8. The third-order valence-electron chi connectivity index (χ3n) is 3.00. The van der Waals surface area contributed by atoms with E-state index in [9.17, 15) is 4.57 Å². The molecule has 0 radical (unpaired) electrons. The second-order valence-corrected chi connectivity index (χ2v) is 14.3. The van der Waals surface area contributed by atoms with Crippen molar-refractivity contribution in [1.82, 2.24) is 5.06 Å². The monoisotopic (exact) mass is 462 g/mol. The molecule has 0 aromatic heterocycles. The molecule has 23 heavy (non-hydrogen) atoms. The molecule has 0 saturated heterocycles. The largest absolute Gasteiger partial charge is 0.328 e. The standard InChI is InChI=1S/C16H36IN2O3P/c1-11-22-23(10,20)14(15(4,5)6)19(16(7,8)9)21-12-18-17-13(2)3/h13-14H,11-12H2,1-10H3. The zero-order valence-corrected chi connectivity index (χ0v) is 19.6. The number of halogens is 1. The molecule has 2 atom stereocenters. The summed E-state index contributed by atoms with van der Waals surface area (Å²) in [6.45, 7) is 21.1. The van der Waals surface area contributed by atoms with Crippen LogP contribution in [0.2, 0.25) is 0 Å². The fraction of sp³-hybridized carbons (Fsp3) is 1.00. The van der Waals surface area contributed by atoms with Crippen LogP contribution in [0.5, 0.6) is 0 Å². The van der Waals surface area contributed by atoms with Gasteiger partial charge in [-0.05, 0) is 54.1 Å². The van der Waals surface area contributed by atoms with Crippen LogP contribution in [0.3, 0.4) is 0 Å². The van der Waals surface area contributed by atoms with Crippen LogP contribution in [-0.2, 0) is 13.9 Å². The fourth-order valence-corrected chi connectivity index (χ4v) is 6.38. The van der Waals surface area contributed by atoms with E-state index in [1.54, 1.807) is 6.66 Å². The van der Waals surface area contributed by atoms with E-state index in [1.165, 1.54) is 0 Å². The molecular weight excluding hydrogens is 426 g/mol. The predicted octanol–water partition coefficient (Wildman–Crippen LogP) is 5.86. The Morgan fingerprint density at radius 1 is 1.17 bits per heavy atom. The van der Waals surface area contributed by atoms with E-state index in [1.807, 2.05) is 12.0 Å². The van der Waals surface area contributed by atoms with Gasteiger partial charge in [0.05, 0.1) is 6.61 Å². The molecule has 0 amide bonds. The first-order valence-electron chi connectivity index (χ1n) is 8.17. The number of alkyl halides is 1. The third-order valence-corrected chi connectivity index (χ3v) is 7.43. The van der Waals surface area contributed by atoms with E-state index in [2.05, 4.69) is 58.5 Å². The van der Waals surface area contributed by atoms with Gasteiger partial charge >= 0.3 is 0 Å². The molecule has 0 rings (SSSR count). The summed E-state index contributed by atoms with van der Waals surface area (Å²) in [6, 6.07) is 0. The highest BCUT2D eigenvalue weighted by molar-refractivity contribution is 14.2. The normalized spacial score (nSPS) is 18.3. The van der Waals surface area contributed by atoms with Crippen LogP contribution in [0.25, 0.3) is 0 Å². The van der Waals surface area contributed by atoms with Gasteiger partial charge < -0.3 is 4.52 Å². The van der Waals surface area contributed by atoms with E-state index in [4.69, 9.17) is 9.36 Å². The van der Waals surface area contributed by atoms with Crippen LogP contribution < -0.4 is 0 Å². The van der Waals surface area contributed by atoms with Crippen molar-refractivity contribution < 1.29 is 13.9 Å². The predicted molar refractivity (Wildman–Crippen MR) is 108 cm³/mol. The Morgan fingerprint density at radius 3 is 2.04 bits per heavy atom. The molecule has 0 aromatic rings. The van der Waals surface area contributed by atoms with Gasteiger partial charge in [0, 0.05) is 16.1 Å². The summed E-state index contributed by atoms with van der Waals surface area (Å²) in [5.41, 5.74) is -0.549. The van der Waals surface area contributed by atoms with Crippen LogP contribution in [0.4, 0.5) is 0 Å². The highest BCUT2D eigenvalue weighted by atomic mass is 127. The summed E-state index contributed by atoms with van der Waals surface area (Å²) in [4.78, 5) is 6.02. The van der Waals surface area contributed by atoms with Gasteiger partial charge in [-0.1, -0.05) is 34.6 Å². The van der Waals surface area contributed by atoms with Crippen molar-refractivity contribution in [2.75, 3.05) is 20.0 Å². The van der Waals surface area contributed by atoms with Crippen LogP contribution in [0.15, 0.2) is 3.15 Å². The van der Waals surface area contributed by atoms with Crippen molar-refractivity contribution in [1.29, 1.82) is 0 Å². The molecule has 5 nitrogen and oxygen atoms in total. The first-order chi connectivity index (χ1) is 10.2. The van der Waals surface area contributed by atoms with Crippen LogP contribution in [0, 0.1) is 5.41 Å². The molecule has 0 aromatic carbocycles. The van der Waals surface area contributed by atoms with Gasteiger partial charge in [-0.25, -0.2) is 3.15 Å². The Labute approximate surface area is 153 Å². The fourth-order valence-electron chi connectivity index (χ4n) is 2.45. The summed E-state index contributed by atoms with van der Waals surface area (Å²) < 4.78 is 24.0. The topological polar surface area (TPSA) is 51.1 Å². The SMILES string of the molecule is CCOP(C)(=O)C(N(OCN=IC(C)C)C(C)(C)C)C(C)(C)C. The number of nitrogens with zero attached hydrogens (tertiary/aromatic N) is 2. The quantitative estimate of drug-likeness (QED) is 0.196. The highest BCUT2D eigenvalue weighted by Gasteiger charge is 2.47. The lowest BCUT2D eigenvalue weighted by molar-refractivity contribution is -0.233. The maximum Gasteiger partial charge on any atom is 0.219 e. The molecule has 140 valence electrons. The molecule has 7 heteroatoms. The molecule has 2 unspecified atom stereocenters. The van der Waals surface area contributed by atoms with E-state index < -0.39 is 7.37 Å². The molecule has 0 saturated carbocycles. The van der Waals surface area contributed by atoms with Gasteiger partial charge in [0.2, 0.25) is 7.37 Å². The summed E-state index contributed by atoms with van der Waals surface area (Å²) in [7, 11) is -2.88. The van der Waals surface area contributed by atoms with Crippen molar-refractivity contribution in [3.8, 4) is 0 Å². The lowest BCUT2D eigenvalue weighted by Crippen LogP contribution is -2.53. The van der Waals surface area contributed by atoms with Crippen molar-refractivity contribution in [2.45, 2.75) is 77.6 Å². The van der Waals surface area contributed by atoms with E-state index in [0.717, 1.165) is 0 Å². The number of hydrogen-bond donors (Lipinski definition) is 0. The third kappa shape index (κ3) is 8.52. The molecular formula is C16H36IN2O3P. The molecule has 0 fully saturated rings. The lowest BCUT2D eigenvalue weighted by atomic mass is 9.94. The average molecular weight is 462 g/mol. The number of hydrogen-bond acceptors (Lipinski definition) is 5. The minimum atomic E-state index is -2.88. The molecule has 0 heterocycles. The zero-order valence-electron chi connectivity index (χ0n) is 16.5. The Bertz CT molecular complexity index is 428. The van der Waals surface area contributed by atoms with Crippen molar-refractivity contribution in [3.63, 3.8) is 0 Å². The van der Waals surface area contributed by atoms with Crippen molar-refractivity contribution in [3.05, 3.63) is 0 Å². The second-order valence-electron chi connectivity index (χ2n) is 8.05. The van der Waals surface area contributed by atoms with Gasteiger partial charge in [0.1, 0.15) is 5.78 Å².